The van der Waals surface area contributed by atoms with E-state index in [1.165, 1.54) is 6.07 Å². The van der Waals surface area contributed by atoms with E-state index in [0.717, 1.165) is 83.9 Å². The van der Waals surface area contributed by atoms with Gasteiger partial charge >= 0.3 is 6.01 Å². The summed E-state index contributed by atoms with van der Waals surface area (Å²) in [6.07, 6.45) is 3.77. The highest BCUT2D eigenvalue weighted by molar-refractivity contribution is 5.98. The molecule has 11 nitrogen and oxygen atoms in total. The molecule has 2 fully saturated rings. The van der Waals surface area contributed by atoms with Crippen LogP contribution in [0.2, 0.25) is 0 Å². The minimum absolute atomic E-state index is 0.111. The van der Waals surface area contributed by atoms with Crippen molar-refractivity contribution in [1.82, 2.24) is 24.6 Å². The summed E-state index contributed by atoms with van der Waals surface area (Å²) in [6.45, 7) is 7.29. The zero-order valence-corrected chi connectivity index (χ0v) is 29.2. The van der Waals surface area contributed by atoms with Crippen molar-refractivity contribution in [1.29, 1.82) is 0 Å². The summed E-state index contributed by atoms with van der Waals surface area (Å²) in [6, 6.07) is 9.70. The third-order valence-corrected chi connectivity index (χ3v) is 11.0. The van der Waals surface area contributed by atoms with Crippen LogP contribution in [-0.4, -0.2) is 90.1 Å². The molecule has 2 aromatic carbocycles. The van der Waals surface area contributed by atoms with Crippen LogP contribution in [0.5, 0.6) is 11.8 Å². The monoisotopic (exact) mass is 688 g/mol. The van der Waals surface area contributed by atoms with Gasteiger partial charge in [0.05, 0.1) is 30.0 Å². The maximum Gasteiger partial charge on any atom is 0.318 e. The second-order valence-corrected chi connectivity index (χ2v) is 14.0. The molecular formula is C37H46F2N8O3. The number of methoxy groups -OCH3 is 1. The number of rotatable bonds is 10. The molecule has 50 heavy (non-hydrogen) atoms. The van der Waals surface area contributed by atoms with Gasteiger partial charge in [-0.3, -0.25) is 9.58 Å². The lowest BCUT2D eigenvalue weighted by atomic mass is 9.95. The lowest BCUT2D eigenvalue weighted by Crippen LogP contribution is -2.43. The fraction of sp³-hybridized carbons (Fsp3) is 0.541. The summed E-state index contributed by atoms with van der Waals surface area (Å²) in [5.41, 5.74) is 4.36. The molecule has 0 spiro atoms. The Morgan fingerprint density at radius 1 is 1.02 bits per heavy atom. The first-order valence-electron chi connectivity index (χ1n) is 17.9. The van der Waals surface area contributed by atoms with Crippen molar-refractivity contribution in [2.24, 2.45) is 0 Å². The topological polar surface area (TPSA) is 93.0 Å². The largest absolute Gasteiger partial charge is 0.467 e. The number of aromatic nitrogens is 4. The van der Waals surface area contributed by atoms with E-state index >= 15 is 4.39 Å². The molecule has 6 heterocycles. The van der Waals surface area contributed by atoms with Crippen molar-refractivity contribution in [2.75, 3.05) is 68.9 Å². The molecule has 2 aromatic heterocycles. The number of aryl methyl sites for hydroxylation is 2. The lowest BCUT2D eigenvalue weighted by Gasteiger charge is -2.35. The minimum atomic E-state index is -0.840. The molecule has 0 bridgehead atoms. The average Bonchev–Trinajstić information content (AvgIpc) is 3.75. The van der Waals surface area contributed by atoms with Gasteiger partial charge in [-0.15, -0.1) is 0 Å². The van der Waals surface area contributed by atoms with Crippen LogP contribution < -0.4 is 24.6 Å². The maximum atomic E-state index is 15.3. The minimum Gasteiger partial charge on any atom is -0.467 e. The van der Waals surface area contributed by atoms with Gasteiger partial charge in [-0.2, -0.15) is 15.1 Å². The maximum absolute atomic E-state index is 15.3. The molecule has 0 aliphatic carbocycles. The summed E-state index contributed by atoms with van der Waals surface area (Å²) in [5, 5.41) is 9.69. The zero-order chi connectivity index (χ0) is 34.4. The van der Waals surface area contributed by atoms with Crippen LogP contribution in [0, 0.1) is 5.82 Å². The number of nitrogens with zero attached hydrogens (tertiary/aromatic N) is 7. The summed E-state index contributed by atoms with van der Waals surface area (Å²) in [7, 11) is 3.48. The fourth-order valence-electron chi connectivity index (χ4n) is 8.60. The highest BCUT2D eigenvalue weighted by Crippen LogP contribution is 2.42. The van der Waals surface area contributed by atoms with E-state index in [0.29, 0.717) is 69.4 Å². The SMILES string of the molecule is CCc1c(F)ccc2cc(OCOC)cc(N3CCc4c(nc(OC[C@@]56CCCN5C[C@H](F)C6)nc4N4CCCn5nc(NC)cc5C4)C3)c12. The first-order chi connectivity index (χ1) is 24.4. The number of benzene rings is 2. The van der Waals surface area contributed by atoms with E-state index in [4.69, 9.17) is 29.3 Å². The molecule has 1 N–H and O–H groups in total. The second kappa shape index (κ2) is 13.5. The first kappa shape index (κ1) is 32.9. The van der Waals surface area contributed by atoms with E-state index in [1.807, 2.05) is 32.2 Å². The molecular weight excluding hydrogens is 642 g/mol. The Morgan fingerprint density at radius 2 is 1.92 bits per heavy atom. The van der Waals surface area contributed by atoms with E-state index in [9.17, 15) is 4.39 Å². The van der Waals surface area contributed by atoms with Crippen LogP contribution in [0.4, 0.5) is 26.1 Å². The Balaban J connectivity index is 1.18. The highest BCUT2D eigenvalue weighted by atomic mass is 19.1. The third-order valence-electron chi connectivity index (χ3n) is 11.0. The molecule has 4 aliphatic rings. The number of alkyl halides is 1. The van der Waals surface area contributed by atoms with Gasteiger partial charge in [0.1, 0.15) is 36.0 Å². The standard InChI is InChI=1S/C37H46F2N8O3/c1-4-28-30(39)8-7-24-15-27(50-23-48-3)17-32(34(24)28)44-14-9-29-31(21-44)41-36(49-22-37-10-5-12-46(37)19-25(38)18-37)42-35(29)45-11-6-13-47-26(20-45)16-33(40-2)43-47/h7-8,15-17,25H,4-6,9-14,18-23H2,1-3H3,(H,40,43)/t25-,37+/m1/s1. The number of hydrogen-bond donors (Lipinski definition) is 1. The van der Waals surface area contributed by atoms with Gasteiger partial charge in [-0.05, 0) is 61.7 Å². The lowest BCUT2D eigenvalue weighted by molar-refractivity contribution is 0.0512. The number of nitrogens with one attached hydrogen (secondary N) is 1. The number of hydrogen-bond acceptors (Lipinski definition) is 10. The molecule has 8 rings (SSSR count). The van der Waals surface area contributed by atoms with Gasteiger partial charge in [0.2, 0.25) is 0 Å². The summed E-state index contributed by atoms with van der Waals surface area (Å²) < 4.78 is 49.6. The quantitative estimate of drug-likeness (QED) is 0.216. The van der Waals surface area contributed by atoms with Gasteiger partial charge in [-0.25, -0.2) is 8.78 Å². The van der Waals surface area contributed by atoms with Crippen LogP contribution in [-0.2, 0) is 37.2 Å². The van der Waals surface area contributed by atoms with E-state index in [2.05, 4.69) is 30.8 Å². The van der Waals surface area contributed by atoms with E-state index < -0.39 is 6.17 Å². The van der Waals surface area contributed by atoms with Crippen LogP contribution >= 0.6 is 0 Å². The Hall–Kier alpha value is -4.23. The zero-order valence-electron chi connectivity index (χ0n) is 29.2. The van der Waals surface area contributed by atoms with Crippen LogP contribution in [0.25, 0.3) is 10.8 Å². The van der Waals surface area contributed by atoms with Crippen molar-refractivity contribution in [3.05, 3.63) is 58.7 Å². The molecule has 2 saturated heterocycles. The molecule has 13 heteroatoms. The molecule has 4 aliphatic heterocycles. The van der Waals surface area contributed by atoms with Crippen LogP contribution in [0.3, 0.4) is 0 Å². The van der Waals surface area contributed by atoms with Crippen molar-refractivity contribution in [3.63, 3.8) is 0 Å². The second-order valence-electron chi connectivity index (χ2n) is 14.0. The molecule has 0 saturated carbocycles. The van der Waals surface area contributed by atoms with E-state index in [1.54, 1.807) is 7.11 Å². The highest BCUT2D eigenvalue weighted by Gasteiger charge is 2.49. The van der Waals surface area contributed by atoms with Crippen molar-refractivity contribution < 1.29 is 23.0 Å². The summed E-state index contributed by atoms with van der Waals surface area (Å²) in [4.78, 5) is 17.0. The van der Waals surface area contributed by atoms with Gasteiger partial charge in [-0.1, -0.05) is 13.0 Å². The number of fused-ring (bicyclic) bond motifs is 4. The smallest absolute Gasteiger partial charge is 0.318 e. The van der Waals surface area contributed by atoms with Gasteiger partial charge in [0.25, 0.3) is 0 Å². The van der Waals surface area contributed by atoms with Gasteiger partial charge in [0, 0.05) is 75.5 Å². The van der Waals surface area contributed by atoms with Crippen molar-refractivity contribution in [2.45, 2.75) is 76.8 Å². The van der Waals surface area contributed by atoms with Gasteiger partial charge in [0.15, 0.2) is 6.79 Å². The van der Waals surface area contributed by atoms with Crippen LogP contribution in [0.1, 0.15) is 55.1 Å². The molecule has 4 aromatic rings. The summed E-state index contributed by atoms with van der Waals surface area (Å²) >= 11 is 0. The third kappa shape index (κ3) is 5.97. The van der Waals surface area contributed by atoms with E-state index in [-0.39, 0.29) is 18.1 Å². The Kier molecular flexibility index (Phi) is 8.88. The normalized spacial score (nSPS) is 22.0. The Morgan fingerprint density at radius 3 is 2.76 bits per heavy atom. The predicted molar refractivity (Wildman–Crippen MR) is 189 cm³/mol. The Labute approximate surface area is 291 Å². The molecule has 0 amide bonds. The van der Waals surface area contributed by atoms with Crippen molar-refractivity contribution in [3.8, 4) is 11.8 Å². The first-order valence-corrected chi connectivity index (χ1v) is 17.9. The molecule has 2 atom stereocenters. The van der Waals surface area contributed by atoms with Gasteiger partial charge < -0.3 is 29.3 Å². The van der Waals surface area contributed by atoms with Crippen LogP contribution in [0.15, 0.2) is 30.3 Å². The molecule has 266 valence electrons. The van der Waals surface area contributed by atoms with Crippen molar-refractivity contribution >= 4 is 28.1 Å². The fourth-order valence-corrected chi connectivity index (χ4v) is 8.60. The average molecular weight is 689 g/mol. The Bertz CT molecular complexity index is 1890. The summed E-state index contributed by atoms with van der Waals surface area (Å²) in [5.74, 6) is 2.17. The number of anilines is 3. The number of ether oxygens (including phenoxy) is 3. The predicted octanol–water partition coefficient (Wildman–Crippen LogP) is 5.48. The molecule has 0 radical (unpaired) electrons. The molecule has 0 unspecified atom stereocenters. The number of halogens is 2.